The molecular formula is C33H27N5O3S3. The van der Waals surface area contributed by atoms with E-state index in [0.29, 0.717) is 28.8 Å². The van der Waals surface area contributed by atoms with E-state index in [1.807, 2.05) is 114 Å². The van der Waals surface area contributed by atoms with Crippen LogP contribution in [0.1, 0.15) is 11.4 Å². The van der Waals surface area contributed by atoms with E-state index in [1.54, 1.807) is 0 Å². The molecule has 2 heterocycles. The lowest BCUT2D eigenvalue weighted by Crippen LogP contribution is -2.14. The Kier molecular flexibility index (Phi) is 9.66. The van der Waals surface area contributed by atoms with Gasteiger partial charge < -0.3 is 10.1 Å². The van der Waals surface area contributed by atoms with Crippen LogP contribution in [0.2, 0.25) is 0 Å². The number of anilines is 1. The number of ketones is 1. The molecule has 220 valence electrons. The summed E-state index contributed by atoms with van der Waals surface area (Å²) >= 11 is 4.26. The summed E-state index contributed by atoms with van der Waals surface area (Å²) in [5, 5.41) is 12.3. The van der Waals surface area contributed by atoms with Crippen LogP contribution >= 0.6 is 34.9 Å². The number of rotatable bonds is 13. The number of aromatic nitrogens is 4. The maximum absolute atomic E-state index is 13.0. The topological polar surface area (TPSA) is 99.0 Å². The fourth-order valence-electron chi connectivity index (χ4n) is 4.38. The van der Waals surface area contributed by atoms with E-state index in [1.165, 1.54) is 34.9 Å². The second kappa shape index (κ2) is 14.3. The molecule has 4 aromatic carbocycles. The van der Waals surface area contributed by atoms with Crippen molar-refractivity contribution in [3.8, 4) is 11.4 Å². The highest BCUT2D eigenvalue weighted by Crippen LogP contribution is 2.32. The van der Waals surface area contributed by atoms with Crippen molar-refractivity contribution >= 4 is 62.5 Å². The molecule has 0 spiro atoms. The van der Waals surface area contributed by atoms with Crippen molar-refractivity contribution in [2.45, 2.75) is 22.5 Å². The molecule has 0 bridgehead atoms. The average molecular weight is 638 g/mol. The van der Waals surface area contributed by atoms with Gasteiger partial charge in [0.25, 0.3) is 0 Å². The molecule has 1 N–H and O–H groups in total. The van der Waals surface area contributed by atoms with Crippen LogP contribution in [0.3, 0.4) is 0 Å². The Hall–Kier alpha value is -4.45. The predicted octanol–water partition coefficient (Wildman–Crippen LogP) is 7.09. The minimum atomic E-state index is -0.162. The highest BCUT2D eigenvalue weighted by atomic mass is 32.2. The Labute approximate surface area is 266 Å². The number of ether oxygens (including phenoxy) is 1. The Bertz CT molecular complexity index is 1860. The van der Waals surface area contributed by atoms with Crippen molar-refractivity contribution in [1.82, 2.24) is 19.7 Å². The first kappa shape index (κ1) is 29.6. The van der Waals surface area contributed by atoms with E-state index in [-0.39, 0.29) is 24.1 Å². The summed E-state index contributed by atoms with van der Waals surface area (Å²) in [7, 11) is 0. The lowest BCUT2D eigenvalue weighted by Gasteiger charge is -2.11. The molecule has 0 aliphatic rings. The van der Waals surface area contributed by atoms with Gasteiger partial charge in [0.1, 0.15) is 18.1 Å². The summed E-state index contributed by atoms with van der Waals surface area (Å²) in [5.41, 5.74) is 3.42. The number of benzene rings is 4. The van der Waals surface area contributed by atoms with Gasteiger partial charge in [-0.25, -0.2) is 4.98 Å². The Balaban J connectivity index is 1.06. The van der Waals surface area contributed by atoms with Gasteiger partial charge in [-0.1, -0.05) is 90.3 Å². The number of carbonyl (C=O) groups is 2. The molecule has 2 aromatic heterocycles. The van der Waals surface area contributed by atoms with Gasteiger partial charge in [0, 0.05) is 17.8 Å². The number of hydrogen-bond acceptors (Lipinski definition) is 9. The molecule has 0 radical (unpaired) electrons. The smallest absolute Gasteiger partial charge is 0.234 e. The Morgan fingerprint density at radius 3 is 2.32 bits per heavy atom. The van der Waals surface area contributed by atoms with Crippen LogP contribution in [0, 0.1) is 0 Å². The third-order valence-corrected chi connectivity index (χ3v) is 9.56. The number of amides is 1. The highest BCUT2D eigenvalue weighted by molar-refractivity contribution is 8.01. The van der Waals surface area contributed by atoms with Crippen LogP contribution in [0.4, 0.5) is 5.69 Å². The molecule has 8 nitrogen and oxygen atoms in total. The van der Waals surface area contributed by atoms with Crippen LogP contribution in [0.15, 0.2) is 119 Å². The molecule has 6 aromatic rings. The summed E-state index contributed by atoms with van der Waals surface area (Å²) in [5.74, 6) is 1.88. The molecule has 11 heteroatoms. The Morgan fingerprint density at radius 2 is 1.55 bits per heavy atom. The number of fused-ring (bicyclic) bond motifs is 1. The Morgan fingerprint density at radius 1 is 0.818 bits per heavy atom. The first-order valence-electron chi connectivity index (χ1n) is 13.8. The molecule has 6 rings (SSSR count). The maximum atomic E-state index is 13.0. The molecule has 0 saturated carbocycles. The van der Waals surface area contributed by atoms with E-state index in [9.17, 15) is 9.59 Å². The number of carbonyl (C=O) groups excluding carboxylic acids is 2. The first-order valence-corrected chi connectivity index (χ1v) is 16.6. The SMILES string of the molecule is O=C(CSc1nc2ccc(NC(=O)CSc3nnc(COc4ccccc4)n3-c3ccccc3)cc2s1)Cc1ccccc1. The van der Waals surface area contributed by atoms with Gasteiger partial charge in [0.15, 0.2) is 15.3 Å². The van der Waals surface area contributed by atoms with Crippen LogP contribution in [-0.2, 0) is 22.6 Å². The highest BCUT2D eigenvalue weighted by Gasteiger charge is 2.17. The van der Waals surface area contributed by atoms with Crippen molar-refractivity contribution in [2.75, 3.05) is 16.8 Å². The van der Waals surface area contributed by atoms with Crippen molar-refractivity contribution < 1.29 is 14.3 Å². The van der Waals surface area contributed by atoms with Gasteiger partial charge in [0.05, 0.1) is 21.7 Å². The number of nitrogens with zero attached hydrogens (tertiary/aromatic N) is 4. The monoisotopic (exact) mass is 637 g/mol. The summed E-state index contributed by atoms with van der Waals surface area (Å²) in [4.78, 5) is 30.0. The zero-order valence-electron chi connectivity index (χ0n) is 23.5. The summed E-state index contributed by atoms with van der Waals surface area (Å²) < 4.78 is 9.61. The molecular weight excluding hydrogens is 611 g/mol. The summed E-state index contributed by atoms with van der Waals surface area (Å²) in [6, 6.07) is 34.7. The van der Waals surface area contributed by atoms with E-state index in [0.717, 1.165) is 31.6 Å². The second-order valence-corrected chi connectivity index (χ2v) is 12.9. The van der Waals surface area contributed by atoms with Gasteiger partial charge in [-0.15, -0.1) is 21.5 Å². The van der Waals surface area contributed by atoms with Crippen LogP contribution < -0.4 is 10.1 Å². The number of hydrogen-bond donors (Lipinski definition) is 1. The largest absolute Gasteiger partial charge is 0.486 e. The van der Waals surface area contributed by atoms with Gasteiger partial charge in [-0.2, -0.15) is 0 Å². The molecule has 1 amide bonds. The quantitative estimate of drug-likeness (QED) is 0.134. The third-order valence-electron chi connectivity index (χ3n) is 6.41. The normalized spacial score (nSPS) is 11.0. The van der Waals surface area contributed by atoms with Gasteiger partial charge in [-0.05, 0) is 48.0 Å². The second-order valence-electron chi connectivity index (χ2n) is 9.66. The van der Waals surface area contributed by atoms with Crippen molar-refractivity contribution in [3.05, 3.63) is 121 Å². The van der Waals surface area contributed by atoms with Crippen molar-refractivity contribution in [2.24, 2.45) is 0 Å². The molecule has 0 saturated heterocycles. The minimum absolute atomic E-state index is 0.149. The fourth-order valence-corrected chi connectivity index (χ4v) is 7.11. The third kappa shape index (κ3) is 7.73. The zero-order valence-corrected chi connectivity index (χ0v) is 25.9. The van der Waals surface area contributed by atoms with Crippen molar-refractivity contribution in [1.29, 1.82) is 0 Å². The number of thiazole rings is 1. The lowest BCUT2D eigenvalue weighted by atomic mass is 10.1. The molecule has 44 heavy (non-hydrogen) atoms. The molecule has 0 atom stereocenters. The number of thioether (sulfide) groups is 2. The first-order chi connectivity index (χ1) is 21.6. The molecule has 0 unspecified atom stereocenters. The number of para-hydroxylation sites is 2. The van der Waals surface area contributed by atoms with Gasteiger partial charge in [-0.3, -0.25) is 14.2 Å². The number of nitrogens with one attached hydrogen (secondary N) is 1. The zero-order chi connectivity index (χ0) is 30.1. The van der Waals surface area contributed by atoms with E-state index in [4.69, 9.17) is 4.74 Å². The fraction of sp³-hybridized carbons (Fsp3) is 0.121. The maximum Gasteiger partial charge on any atom is 0.234 e. The van der Waals surface area contributed by atoms with Gasteiger partial charge in [0.2, 0.25) is 5.91 Å². The van der Waals surface area contributed by atoms with Crippen LogP contribution in [0.5, 0.6) is 5.75 Å². The molecule has 0 fully saturated rings. The standard InChI is InChI=1S/C33H27N5O3S3/c39-26(18-23-10-4-1-5-11-23)21-43-33-35-28-17-16-24(19-29(28)44-33)34-31(40)22-42-32-37-36-30(20-41-27-14-8-3-9-15-27)38(32)25-12-6-2-7-13-25/h1-17,19H,18,20-22H2,(H,34,40). The molecule has 0 aliphatic heterocycles. The van der Waals surface area contributed by atoms with Crippen LogP contribution in [-0.4, -0.2) is 42.9 Å². The van der Waals surface area contributed by atoms with Crippen LogP contribution in [0.25, 0.3) is 15.9 Å². The lowest BCUT2D eigenvalue weighted by molar-refractivity contribution is -0.116. The molecule has 0 aliphatic carbocycles. The minimum Gasteiger partial charge on any atom is -0.486 e. The van der Waals surface area contributed by atoms with E-state index in [2.05, 4.69) is 20.5 Å². The summed E-state index contributed by atoms with van der Waals surface area (Å²) in [6.07, 6.45) is 0.414. The van der Waals surface area contributed by atoms with E-state index < -0.39 is 0 Å². The van der Waals surface area contributed by atoms with Gasteiger partial charge >= 0.3 is 0 Å². The van der Waals surface area contributed by atoms with E-state index >= 15 is 0 Å². The number of Topliss-reactive ketones (excluding diaryl/α,β-unsaturated/α-hetero) is 1. The predicted molar refractivity (Wildman–Crippen MR) is 177 cm³/mol. The summed E-state index contributed by atoms with van der Waals surface area (Å²) in [6.45, 7) is 0.231. The van der Waals surface area contributed by atoms with Crippen molar-refractivity contribution in [3.63, 3.8) is 0 Å². The average Bonchev–Trinajstić information content (AvgIpc) is 3.66.